The molecular formula is C21H27N5O3. The van der Waals surface area contributed by atoms with Gasteiger partial charge < -0.3 is 15.8 Å². The second-order valence-corrected chi connectivity index (χ2v) is 6.51. The number of amides is 2. The molecule has 0 unspecified atom stereocenters. The van der Waals surface area contributed by atoms with Crippen LogP contribution in [0.15, 0.2) is 35.8 Å². The quantitative estimate of drug-likeness (QED) is 0.405. The maximum Gasteiger partial charge on any atom is 0.274 e. The van der Waals surface area contributed by atoms with E-state index in [4.69, 9.17) is 10.5 Å². The number of benzene rings is 1. The van der Waals surface area contributed by atoms with Gasteiger partial charge in [0.1, 0.15) is 17.3 Å². The summed E-state index contributed by atoms with van der Waals surface area (Å²) in [6, 6.07) is 4.91. The van der Waals surface area contributed by atoms with Crippen molar-refractivity contribution in [3.8, 4) is 5.75 Å². The number of primary amides is 1. The highest BCUT2D eigenvalue weighted by Gasteiger charge is 2.16. The third kappa shape index (κ3) is 5.31. The maximum atomic E-state index is 12.6. The summed E-state index contributed by atoms with van der Waals surface area (Å²) in [6.45, 7) is 9.75. The van der Waals surface area contributed by atoms with Crippen LogP contribution in [0.2, 0.25) is 0 Å². The maximum absolute atomic E-state index is 12.6. The predicted octanol–water partition coefficient (Wildman–Crippen LogP) is 2.92. The molecule has 2 rings (SSSR count). The molecule has 0 radical (unpaired) electrons. The number of carbonyl (C=O) groups is 2. The van der Waals surface area contributed by atoms with Crippen molar-refractivity contribution < 1.29 is 14.3 Å². The molecule has 8 heteroatoms. The third-order valence-electron chi connectivity index (χ3n) is 4.31. The highest BCUT2D eigenvalue weighted by molar-refractivity contribution is 6.05. The molecule has 0 aliphatic carbocycles. The lowest BCUT2D eigenvalue weighted by atomic mass is 10.0. The molecule has 0 aliphatic rings. The molecule has 8 nitrogen and oxygen atoms in total. The van der Waals surface area contributed by atoms with Crippen molar-refractivity contribution in [3.63, 3.8) is 0 Å². The van der Waals surface area contributed by atoms with Gasteiger partial charge in [-0.05, 0) is 51.8 Å². The Morgan fingerprint density at radius 1 is 1.38 bits per heavy atom. The Balaban J connectivity index is 2.41. The molecule has 0 bridgehead atoms. The highest BCUT2D eigenvalue weighted by atomic mass is 16.5. The number of allylic oxidation sites excluding steroid dienone is 1. The summed E-state index contributed by atoms with van der Waals surface area (Å²) in [4.78, 5) is 28.8. The van der Waals surface area contributed by atoms with Gasteiger partial charge >= 0.3 is 0 Å². The Labute approximate surface area is 170 Å². The number of ether oxygens (including phenoxy) is 1. The number of aromatic nitrogens is 2. The first kappa shape index (κ1) is 21.9. The van der Waals surface area contributed by atoms with Gasteiger partial charge in [0.2, 0.25) is 5.91 Å². The van der Waals surface area contributed by atoms with Crippen molar-refractivity contribution >= 4 is 23.3 Å². The number of aliphatic imine (C=N–C) groups is 1. The number of carbonyl (C=O) groups excluding carboxylic acids is 2. The largest absolute Gasteiger partial charge is 0.496 e. The van der Waals surface area contributed by atoms with Crippen molar-refractivity contribution in [2.45, 2.75) is 40.2 Å². The average molecular weight is 397 g/mol. The minimum absolute atomic E-state index is 0.279. The Kier molecular flexibility index (Phi) is 7.30. The zero-order valence-electron chi connectivity index (χ0n) is 17.3. The normalized spacial score (nSPS) is 11.2. The lowest BCUT2D eigenvalue weighted by molar-refractivity contribution is 0.0964. The summed E-state index contributed by atoms with van der Waals surface area (Å²) >= 11 is 0. The van der Waals surface area contributed by atoms with Gasteiger partial charge in [0.25, 0.3) is 5.91 Å². The zero-order valence-corrected chi connectivity index (χ0v) is 17.3. The minimum atomic E-state index is -0.584. The first-order chi connectivity index (χ1) is 13.8. The smallest absolute Gasteiger partial charge is 0.274 e. The van der Waals surface area contributed by atoms with Crippen LogP contribution in [-0.2, 0) is 13.0 Å². The van der Waals surface area contributed by atoms with Crippen molar-refractivity contribution in [1.29, 1.82) is 0 Å². The zero-order chi connectivity index (χ0) is 21.6. The van der Waals surface area contributed by atoms with Gasteiger partial charge in [0, 0.05) is 17.7 Å². The number of nitrogens with two attached hydrogens (primary N) is 1. The average Bonchev–Trinajstić information content (AvgIpc) is 3.07. The molecular weight excluding hydrogens is 370 g/mol. The molecule has 154 valence electrons. The molecule has 2 amide bonds. The fourth-order valence-electron chi connectivity index (χ4n) is 2.96. The van der Waals surface area contributed by atoms with E-state index in [1.165, 1.54) is 7.11 Å². The van der Waals surface area contributed by atoms with Crippen LogP contribution in [0, 0.1) is 6.92 Å². The second-order valence-electron chi connectivity index (χ2n) is 6.51. The number of nitrogens with one attached hydrogen (secondary N) is 1. The second kappa shape index (κ2) is 9.68. The van der Waals surface area contributed by atoms with Crippen molar-refractivity contribution in [3.05, 3.63) is 53.4 Å². The Bertz CT molecular complexity index is 959. The minimum Gasteiger partial charge on any atom is -0.496 e. The van der Waals surface area contributed by atoms with Gasteiger partial charge in [-0.3, -0.25) is 14.3 Å². The van der Waals surface area contributed by atoms with Crippen LogP contribution in [-0.4, -0.2) is 34.5 Å². The lowest BCUT2D eigenvalue weighted by Gasteiger charge is -2.14. The van der Waals surface area contributed by atoms with E-state index >= 15 is 0 Å². The van der Waals surface area contributed by atoms with Gasteiger partial charge in [0.05, 0.1) is 18.5 Å². The van der Waals surface area contributed by atoms with Gasteiger partial charge in [0.15, 0.2) is 0 Å². The van der Waals surface area contributed by atoms with Crippen LogP contribution >= 0.6 is 0 Å². The molecule has 0 atom stereocenters. The van der Waals surface area contributed by atoms with E-state index in [1.807, 2.05) is 13.8 Å². The standard InChI is InChI=1S/C21H27N5O3/c1-6-8-9-16-17(11-15(20(22)27)12-19(16)29-5)23-14(4)24-21(28)18-10-13(3)25-26(18)7-2/h6,10-12H,1,7-9H2,2-5H3,(H2,22,27)(H,23,24,28). The molecule has 0 saturated heterocycles. The van der Waals surface area contributed by atoms with Gasteiger partial charge in [-0.15, -0.1) is 6.58 Å². The van der Waals surface area contributed by atoms with Crippen LogP contribution in [0.25, 0.3) is 0 Å². The molecule has 29 heavy (non-hydrogen) atoms. The lowest BCUT2D eigenvalue weighted by Crippen LogP contribution is -2.30. The van der Waals surface area contributed by atoms with E-state index in [2.05, 4.69) is 22.0 Å². The van der Waals surface area contributed by atoms with Gasteiger partial charge in [-0.1, -0.05) is 6.08 Å². The molecule has 1 aromatic carbocycles. The van der Waals surface area contributed by atoms with Gasteiger partial charge in [-0.2, -0.15) is 5.10 Å². The third-order valence-corrected chi connectivity index (χ3v) is 4.31. The summed E-state index contributed by atoms with van der Waals surface area (Å²) in [6.07, 6.45) is 3.11. The SMILES string of the molecule is C=CCCc1c(/N=C(\C)NC(=O)c2cc(C)nn2CC)cc(C(N)=O)cc1OC. The first-order valence-corrected chi connectivity index (χ1v) is 9.33. The van der Waals surface area contributed by atoms with Crippen LogP contribution in [0.4, 0.5) is 5.69 Å². The van der Waals surface area contributed by atoms with Crippen LogP contribution in [0.3, 0.4) is 0 Å². The molecule has 0 saturated carbocycles. The van der Waals surface area contributed by atoms with E-state index < -0.39 is 5.91 Å². The number of hydrogen-bond donors (Lipinski definition) is 2. The van der Waals surface area contributed by atoms with Crippen LogP contribution in [0.1, 0.15) is 52.4 Å². The fourth-order valence-corrected chi connectivity index (χ4v) is 2.96. The fraction of sp³-hybridized carbons (Fsp3) is 0.333. The predicted molar refractivity (Wildman–Crippen MR) is 113 cm³/mol. The summed E-state index contributed by atoms with van der Waals surface area (Å²) in [5.41, 5.74) is 8.25. The monoisotopic (exact) mass is 397 g/mol. The van der Waals surface area contributed by atoms with E-state index in [1.54, 1.807) is 35.9 Å². The Morgan fingerprint density at radius 2 is 2.10 bits per heavy atom. The summed E-state index contributed by atoms with van der Waals surface area (Å²) in [7, 11) is 1.52. The van der Waals surface area contributed by atoms with Crippen LogP contribution < -0.4 is 15.8 Å². The Hall–Kier alpha value is -3.42. The van der Waals surface area contributed by atoms with Crippen molar-refractivity contribution in [2.24, 2.45) is 10.7 Å². The number of methoxy groups -OCH3 is 1. The number of aryl methyl sites for hydroxylation is 2. The topological polar surface area (TPSA) is 112 Å². The molecule has 1 heterocycles. The number of rotatable bonds is 8. The number of amidine groups is 1. The molecule has 0 spiro atoms. The van der Waals surface area contributed by atoms with Crippen molar-refractivity contribution in [1.82, 2.24) is 15.1 Å². The first-order valence-electron chi connectivity index (χ1n) is 9.33. The van der Waals surface area contributed by atoms with Crippen LogP contribution in [0.5, 0.6) is 5.75 Å². The number of nitrogens with zero attached hydrogens (tertiary/aromatic N) is 3. The van der Waals surface area contributed by atoms with E-state index in [0.717, 1.165) is 11.3 Å². The van der Waals surface area contributed by atoms with E-state index in [9.17, 15) is 9.59 Å². The van der Waals surface area contributed by atoms with Gasteiger partial charge in [-0.25, -0.2) is 4.99 Å². The molecule has 2 aromatic rings. The summed E-state index contributed by atoms with van der Waals surface area (Å²) in [5.74, 6) is -0.000798. The van der Waals surface area contributed by atoms with E-state index in [0.29, 0.717) is 42.4 Å². The summed E-state index contributed by atoms with van der Waals surface area (Å²) in [5, 5.41) is 7.06. The van der Waals surface area contributed by atoms with Crippen molar-refractivity contribution in [2.75, 3.05) is 7.11 Å². The highest BCUT2D eigenvalue weighted by Crippen LogP contribution is 2.32. The molecule has 0 aliphatic heterocycles. The number of hydrogen-bond acceptors (Lipinski definition) is 5. The Morgan fingerprint density at radius 3 is 2.69 bits per heavy atom. The molecule has 0 fully saturated rings. The molecule has 1 aromatic heterocycles. The molecule has 3 N–H and O–H groups in total. The summed E-state index contributed by atoms with van der Waals surface area (Å²) < 4.78 is 7.06. The van der Waals surface area contributed by atoms with E-state index in [-0.39, 0.29) is 11.5 Å².